The summed E-state index contributed by atoms with van der Waals surface area (Å²) in [6, 6.07) is 0.515. The van der Waals surface area contributed by atoms with Crippen molar-refractivity contribution in [3.05, 3.63) is 11.7 Å². The maximum absolute atomic E-state index is 5.30. The quantitative estimate of drug-likeness (QED) is 0.739. The van der Waals surface area contributed by atoms with Gasteiger partial charge in [0.2, 0.25) is 11.7 Å². The van der Waals surface area contributed by atoms with Crippen LogP contribution < -0.4 is 5.32 Å². The van der Waals surface area contributed by atoms with Crippen LogP contribution in [0.15, 0.2) is 4.52 Å². The monoisotopic (exact) mass is 241 g/mol. The summed E-state index contributed by atoms with van der Waals surface area (Å²) in [6.07, 6.45) is 1.79. The number of ether oxygens (including phenoxy) is 1. The molecule has 0 unspecified atom stereocenters. The third kappa shape index (κ3) is 4.44. The molecule has 0 bridgehead atoms. The number of nitrogens with zero attached hydrogens (tertiary/aromatic N) is 2. The van der Waals surface area contributed by atoms with E-state index in [1.54, 1.807) is 7.11 Å². The van der Waals surface area contributed by atoms with Crippen molar-refractivity contribution in [3.63, 3.8) is 0 Å². The van der Waals surface area contributed by atoms with Gasteiger partial charge in [-0.1, -0.05) is 19.0 Å². The first-order valence-corrected chi connectivity index (χ1v) is 6.07. The summed E-state index contributed by atoms with van der Waals surface area (Å²) in [4.78, 5) is 4.34. The summed E-state index contributed by atoms with van der Waals surface area (Å²) in [6.45, 7) is 9.06. The molecule has 5 nitrogen and oxygen atoms in total. The van der Waals surface area contributed by atoms with Gasteiger partial charge in [-0.3, -0.25) is 0 Å². The van der Waals surface area contributed by atoms with Gasteiger partial charge in [0, 0.05) is 19.6 Å². The molecular weight excluding hydrogens is 218 g/mol. The number of rotatable bonds is 7. The number of hydrogen-bond donors (Lipinski definition) is 1. The van der Waals surface area contributed by atoms with Gasteiger partial charge in [-0.2, -0.15) is 4.98 Å². The summed E-state index contributed by atoms with van der Waals surface area (Å²) in [5, 5.41) is 7.29. The zero-order valence-electron chi connectivity index (χ0n) is 11.4. The van der Waals surface area contributed by atoms with Crippen molar-refractivity contribution >= 4 is 0 Å². The molecule has 5 heteroatoms. The van der Waals surface area contributed by atoms with E-state index in [2.05, 4.69) is 29.3 Å². The van der Waals surface area contributed by atoms with Gasteiger partial charge in [-0.15, -0.1) is 0 Å². The van der Waals surface area contributed by atoms with E-state index in [9.17, 15) is 0 Å². The van der Waals surface area contributed by atoms with Crippen LogP contribution in [0.1, 0.15) is 45.8 Å². The highest BCUT2D eigenvalue weighted by Crippen LogP contribution is 2.20. The van der Waals surface area contributed by atoms with E-state index in [4.69, 9.17) is 9.26 Å². The van der Waals surface area contributed by atoms with Gasteiger partial charge in [0.25, 0.3) is 0 Å². The lowest BCUT2D eigenvalue weighted by Crippen LogP contribution is -2.24. The second-order valence-electron chi connectivity index (χ2n) is 4.94. The molecule has 0 amide bonds. The molecule has 1 heterocycles. The molecule has 0 spiro atoms. The van der Waals surface area contributed by atoms with Gasteiger partial charge in [-0.25, -0.2) is 0 Å². The molecule has 1 aromatic rings. The van der Waals surface area contributed by atoms with Crippen molar-refractivity contribution in [1.29, 1.82) is 0 Å². The average Bonchev–Trinajstić information content (AvgIpc) is 2.73. The smallest absolute Gasteiger partial charge is 0.226 e. The maximum atomic E-state index is 5.30. The number of methoxy groups -OCH3 is 1. The topological polar surface area (TPSA) is 60.2 Å². The van der Waals surface area contributed by atoms with Crippen molar-refractivity contribution in [2.45, 2.75) is 52.2 Å². The molecule has 0 aromatic carbocycles. The van der Waals surface area contributed by atoms with Gasteiger partial charge in [-0.05, 0) is 26.8 Å². The van der Waals surface area contributed by atoms with Crippen molar-refractivity contribution in [2.24, 2.45) is 0 Å². The van der Waals surface area contributed by atoms with E-state index in [0.29, 0.717) is 17.8 Å². The molecule has 0 fully saturated rings. The molecule has 0 radical (unpaired) electrons. The van der Waals surface area contributed by atoms with E-state index < -0.39 is 5.60 Å². The third-order valence-electron chi connectivity index (χ3n) is 2.64. The van der Waals surface area contributed by atoms with Crippen LogP contribution in [0.4, 0.5) is 0 Å². The van der Waals surface area contributed by atoms with E-state index in [1.165, 1.54) is 0 Å². The highest BCUT2D eigenvalue weighted by atomic mass is 16.5. The van der Waals surface area contributed by atoms with Crippen LogP contribution in [0.5, 0.6) is 0 Å². The van der Waals surface area contributed by atoms with Crippen LogP contribution >= 0.6 is 0 Å². The summed E-state index contributed by atoms with van der Waals surface area (Å²) in [7, 11) is 1.64. The Balaban J connectivity index is 2.41. The fourth-order valence-corrected chi connectivity index (χ4v) is 1.32. The van der Waals surface area contributed by atoms with Gasteiger partial charge >= 0.3 is 0 Å². The van der Waals surface area contributed by atoms with E-state index >= 15 is 0 Å². The Morgan fingerprint density at radius 1 is 1.41 bits per heavy atom. The largest absolute Gasteiger partial charge is 0.371 e. The molecule has 17 heavy (non-hydrogen) atoms. The van der Waals surface area contributed by atoms with Crippen molar-refractivity contribution in [1.82, 2.24) is 15.5 Å². The van der Waals surface area contributed by atoms with Crippen LogP contribution in [0.3, 0.4) is 0 Å². The van der Waals surface area contributed by atoms with E-state index in [1.807, 2.05) is 13.8 Å². The molecule has 0 saturated carbocycles. The molecular formula is C12H23N3O2. The standard InChI is InChI=1S/C12H23N3O2/c1-9(2)13-8-6-7-10-14-11(15-17-10)12(3,4)16-5/h9,13H,6-8H2,1-5H3. The predicted octanol–water partition coefficient (Wildman–Crippen LogP) is 1.88. The fourth-order valence-electron chi connectivity index (χ4n) is 1.32. The molecule has 0 aliphatic rings. The highest BCUT2D eigenvalue weighted by molar-refractivity contribution is 4.97. The summed E-state index contributed by atoms with van der Waals surface area (Å²) < 4.78 is 10.5. The Hall–Kier alpha value is -0.940. The maximum Gasteiger partial charge on any atom is 0.226 e. The van der Waals surface area contributed by atoms with Crippen molar-refractivity contribution < 1.29 is 9.26 Å². The summed E-state index contributed by atoms with van der Waals surface area (Å²) in [5.41, 5.74) is -0.488. The molecule has 1 N–H and O–H groups in total. The van der Waals surface area contributed by atoms with E-state index in [-0.39, 0.29) is 0 Å². The molecule has 0 atom stereocenters. The Labute approximate surface area is 103 Å². The summed E-state index contributed by atoms with van der Waals surface area (Å²) >= 11 is 0. The third-order valence-corrected chi connectivity index (χ3v) is 2.64. The number of aryl methyl sites for hydroxylation is 1. The molecule has 1 rings (SSSR count). The lowest BCUT2D eigenvalue weighted by molar-refractivity contribution is 0.00973. The van der Waals surface area contributed by atoms with Crippen LogP contribution in [-0.2, 0) is 16.8 Å². The van der Waals surface area contributed by atoms with Crippen LogP contribution in [0.2, 0.25) is 0 Å². The first-order valence-electron chi connectivity index (χ1n) is 6.07. The fraction of sp³-hybridized carbons (Fsp3) is 0.833. The first-order chi connectivity index (χ1) is 7.95. The summed E-state index contributed by atoms with van der Waals surface area (Å²) in [5.74, 6) is 1.28. The number of nitrogens with one attached hydrogen (secondary N) is 1. The lowest BCUT2D eigenvalue weighted by atomic mass is 10.1. The first kappa shape index (κ1) is 14.1. The lowest BCUT2D eigenvalue weighted by Gasteiger charge is -2.17. The van der Waals surface area contributed by atoms with Gasteiger partial charge in [0.15, 0.2) is 0 Å². The molecule has 0 aliphatic carbocycles. The molecule has 0 saturated heterocycles. The minimum atomic E-state index is -0.488. The molecule has 1 aromatic heterocycles. The van der Waals surface area contributed by atoms with Crippen LogP contribution in [0, 0.1) is 0 Å². The number of hydrogen-bond acceptors (Lipinski definition) is 5. The second-order valence-corrected chi connectivity index (χ2v) is 4.94. The van der Waals surface area contributed by atoms with Gasteiger partial charge in [0.1, 0.15) is 5.60 Å². The van der Waals surface area contributed by atoms with Gasteiger partial charge in [0.05, 0.1) is 0 Å². The zero-order valence-corrected chi connectivity index (χ0v) is 11.4. The van der Waals surface area contributed by atoms with Crippen molar-refractivity contribution in [2.75, 3.05) is 13.7 Å². The predicted molar refractivity (Wildman–Crippen MR) is 65.8 cm³/mol. The Bertz CT molecular complexity index is 334. The molecule has 98 valence electrons. The normalized spacial score (nSPS) is 12.4. The Kier molecular flexibility index (Phi) is 5.08. The Morgan fingerprint density at radius 3 is 2.71 bits per heavy atom. The van der Waals surface area contributed by atoms with Crippen molar-refractivity contribution in [3.8, 4) is 0 Å². The Morgan fingerprint density at radius 2 is 2.12 bits per heavy atom. The minimum Gasteiger partial charge on any atom is -0.371 e. The number of aromatic nitrogens is 2. The SMILES string of the molecule is COC(C)(C)c1noc(CCCNC(C)C)n1. The highest BCUT2D eigenvalue weighted by Gasteiger charge is 2.25. The average molecular weight is 241 g/mol. The zero-order chi connectivity index (χ0) is 12.9. The minimum absolute atomic E-state index is 0.488. The second kappa shape index (κ2) is 6.12. The van der Waals surface area contributed by atoms with Gasteiger partial charge < -0.3 is 14.6 Å². The van der Waals surface area contributed by atoms with Crippen LogP contribution in [-0.4, -0.2) is 29.8 Å². The molecule has 0 aliphatic heterocycles. The van der Waals surface area contributed by atoms with Crippen LogP contribution in [0.25, 0.3) is 0 Å². The van der Waals surface area contributed by atoms with E-state index in [0.717, 1.165) is 19.4 Å².